The lowest BCUT2D eigenvalue weighted by Gasteiger charge is -2.27. The molecule has 4 aliphatic rings. The molecule has 0 aromatic heterocycles. The number of para-hydroxylation sites is 2. The summed E-state index contributed by atoms with van der Waals surface area (Å²) in [7, 11) is 0. The van der Waals surface area contributed by atoms with E-state index in [2.05, 4.69) is 56.2 Å². The number of unbranched alkanes of at least 4 members (excludes halogenated alkanes) is 1. The summed E-state index contributed by atoms with van der Waals surface area (Å²) in [5.74, 6) is 0.185. The van der Waals surface area contributed by atoms with Crippen molar-refractivity contribution in [3.63, 3.8) is 0 Å². The van der Waals surface area contributed by atoms with Gasteiger partial charge in [0.05, 0.1) is 12.1 Å². The number of benzene rings is 4. The first-order valence-corrected chi connectivity index (χ1v) is 16.9. The molecule has 4 aromatic rings. The molecule has 0 bridgehead atoms. The van der Waals surface area contributed by atoms with Gasteiger partial charge in [0.25, 0.3) is 11.8 Å². The molecule has 0 saturated heterocycles. The summed E-state index contributed by atoms with van der Waals surface area (Å²) in [6, 6.07) is 26.2. The quantitative estimate of drug-likeness (QED) is 0.112. The molecule has 4 aromatic carbocycles. The van der Waals surface area contributed by atoms with Crippen LogP contribution in [0.1, 0.15) is 79.7 Å². The third kappa shape index (κ3) is 5.40. The van der Waals surface area contributed by atoms with Crippen LogP contribution in [0.4, 0.5) is 11.4 Å². The molecule has 8 rings (SSSR count). The summed E-state index contributed by atoms with van der Waals surface area (Å²) >= 11 is 0. The smallest absolute Gasteiger partial charge is 0.252 e. The van der Waals surface area contributed by atoms with Gasteiger partial charge >= 0.3 is 0 Å². The lowest BCUT2D eigenvalue weighted by atomic mass is 9.84. The summed E-state index contributed by atoms with van der Waals surface area (Å²) in [6.07, 6.45) is 2.00. The van der Waals surface area contributed by atoms with Crippen molar-refractivity contribution in [2.75, 3.05) is 36.8 Å². The van der Waals surface area contributed by atoms with Crippen LogP contribution in [0.15, 0.2) is 84.9 Å². The van der Waals surface area contributed by atoms with Gasteiger partial charge in [0.15, 0.2) is 0 Å². The number of phenols is 2. The van der Waals surface area contributed by atoms with Crippen molar-refractivity contribution in [2.45, 2.75) is 48.8 Å². The van der Waals surface area contributed by atoms with E-state index in [-0.39, 0.29) is 59.3 Å². The van der Waals surface area contributed by atoms with Crippen LogP contribution < -0.4 is 31.9 Å². The Morgan fingerprint density at radius 3 is 1.44 bits per heavy atom. The largest absolute Gasteiger partial charge is 0.508 e. The minimum absolute atomic E-state index is 0.0268. The molecule has 2 amide bonds. The normalized spacial score (nSPS) is 24.6. The average molecular weight is 645 g/mol. The van der Waals surface area contributed by atoms with Gasteiger partial charge in [-0.3, -0.25) is 9.59 Å². The van der Waals surface area contributed by atoms with E-state index in [0.29, 0.717) is 11.1 Å². The van der Waals surface area contributed by atoms with Gasteiger partial charge in [-0.25, -0.2) is 0 Å². The second kappa shape index (κ2) is 12.5. The van der Waals surface area contributed by atoms with Gasteiger partial charge in [-0.05, 0) is 96.7 Å². The van der Waals surface area contributed by atoms with E-state index in [1.807, 2.05) is 24.3 Å². The molecular weight excluding hydrogens is 604 g/mol. The molecule has 0 spiro atoms. The first-order chi connectivity index (χ1) is 23.5. The Hall–Kier alpha value is -5.06. The molecule has 0 fully saturated rings. The van der Waals surface area contributed by atoms with Crippen LogP contribution in [0.2, 0.25) is 0 Å². The van der Waals surface area contributed by atoms with Crippen molar-refractivity contribution < 1.29 is 19.8 Å². The molecule has 0 radical (unpaired) electrons. The summed E-state index contributed by atoms with van der Waals surface area (Å²) in [4.78, 5) is 25.6. The Morgan fingerprint density at radius 2 is 0.979 bits per heavy atom. The fourth-order valence-corrected chi connectivity index (χ4v) is 8.23. The maximum atomic E-state index is 12.8. The van der Waals surface area contributed by atoms with Gasteiger partial charge in [-0.1, -0.05) is 36.4 Å². The Morgan fingerprint density at radius 1 is 0.542 bits per heavy atom. The van der Waals surface area contributed by atoms with Gasteiger partial charge in [-0.15, -0.1) is 0 Å². The summed E-state index contributed by atoms with van der Waals surface area (Å²) in [6.45, 7) is 3.20. The summed E-state index contributed by atoms with van der Waals surface area (Å²) in [5, 5.41) is 41.4. The third-order valence-corrected chi connectivity index (χ3v) is 10.4. The van der Waals surface area contributed by atoms with E-state index in [4.69, 9.17) is 0 Å². The first kappa shape index (κ1) is 30.3. The molecule has 6 atom stereocenters. The molecule has 4 heterocycles. The summed E-state index contributed by atoms with van der Waals surface area (Å²) in [5.41, 5.74) is 7.46. The van der Waals surface area contributed by atoms with Gasteiger partial charge in [0, 0.05) is 59.5 Å². The number of carbonyl (C=O) groups is 2. The topological polar surface area (TPSA) is 147 Å². The Labute approximate surface area is 279 Å². The van der Waals surface area contributed by atoms with Crippen LogP contribution in [-0.4, -0.2) is 60.3 Å². The number of fused-ring (bicyclic) bond motifs is 4. The number of hydrogen-bond acceptors (Lipinski definition) is 8. The SMILES string of the molecule is O=C1NC(C2c3ccccc3NC2CNCCCCNCC2Nc3ccccc3C2C2NC(=O)c3ccc(O)cc32)c2cc(O)ccc21. The van der Waals surface area contributed by atoms with Crippen LogP contribution in [-0.2, 0) is 0 Å². The molecule has 4 aliphatic heterocycles. The highest BCUT2D eigenvalue weighted by Crippen LogP contribution is 2.48. The molecule has 6 unspecified atom stereocenters. The Balaban J connectivity index is 0.848. The Bertz CT molecular complexity index is 1740. The molecule has 8 N–H and O–H groups in total. The lowest BCUT2D eigenvalue weighted by molar-refractivity contribution is 0.0943. The number of phenolic OH excluding ortho intramolecular Hbond substituents is 2. The number of hydrogen-bond donors (Lipinski definition) is 8. The minimum atomic E-state index is -0.220. The highest BCUT2D eigenvalue weighted by atomic mass is 16.3. The van der Waals surface area contributed by atoms with Crippen molar-refractivity contribution in [1.82, 2.24) is 21.3 Å². The van der Waals surface area contributed by atoms with Crippen LogP contribution >= 0.6 is 0 Å². The van der Waals surface area contributed by atoms with Crippen molar-refractivity contribution in [3.8, 4) is 11.5 Å². The van der Waals surface area contributed by atoms with E-state index in [1.165, 1.54) is 11.1 Å². The third-order valence-electron chi connectivity index (χ3n) is 10.4. The van der Waals surface area contributed by atoms with Crippen molar-refractivity contribution in [2.24, 2.45) is 0 Å². The van der Waals surface area contributed by atoms with E-state index in [9.17, 15) is 19.8 Å². The van der Waals surface area contributed by atoms with Gasteiger partial charge in [0.2, 0.25) is 0 Å². The number of rotatable bonds is 11. The zero-order valence-electron chi connectivity index (χ0n) is 26.5. The predicted octanol–water partition coefficient (Wildman–Crippen LogP) is 4.48. The van der Waals surface area contributed by atoms with E-state index < -0.39 is 0 Å². The molecule has 48 heavy (non-hydrogen) atoms. The zero-order valence-corrected chi connectivity index (χ0v) is 26.5. The maximum Gasteiger partial charge on any atom is 0.252 e. The molecule has 0 saturated carbocycles. The standard InChI is InChI=1S/C38H40N6O4/c45-21-11-13-23-27(17-21)35(43-37(23)47)33-25-7-1-3-9-29(25)41-31(33)19-39-15-5-6-16-40-20-32-34(26-8-2-4-10-30(26)42-32)36-28-18-22(46)12-14-24(28)38(48)44-36/h1-4,7-14,17-18,31-36,39-42,45-46H,5-6,15-16,19-20H2,(H,43,47)(H,44,48). The molecule has 10 nitrogen and oxygen atoms in total. The van der Waals surface area contributed by atoms with Crippen LogP contribution in [0.3, 0.4) is 0 Å². The number of aromatic hydroxyl groups is 2. The highest BCUT2D eigenvalue weighted by Gasteiger charge is 2.44. The fourth-order valence-electron chi connectivity index (χ4n) is 8.23. The fraction of sp³-hybridized carbons (Fsp3) is 0.316. The van der Waals surface area contributed by atoms with E-state index >= 15 is 0 Å². The average Bonchev–Trinajstić information content (AvgIpc) is 3.82. The van der Waals surface area contributed by atoms with Crippen molar-refractivity contribution in [3.05, 3.63) is 118 Å². The van der Waals surface area contributed by atoms with Crippen LogP contribution in [0.5, 0.6) is 11.5 Å². The molecule has 10 heteroatoms. The van der Waals surface area contributed by atoms with Crippen LogP contribution in [0, 0.1) is 0 Å². The highest BCUT2D eigenvalue weighted by molar-refractivity contribution is 6.00. The minimum Gasteiger partial charge on any atom is -0.508 e. The number of anilines is 2. The monoisotopic (exact) mass is 644 g/mol. The van der Waals surface area contributed by atoms with Gasteiger partial charge < -0.3 is 42.1 Å². The summed E-state index contributed by atoms with van der Waals surface area (Å²) < 4.78 is 0. The second-order valence-corrected chi connectivity index (χ2v) is 13.3. The lowest BCUT2D eigenvalue weighted by Crippen LogP contribution is -2.39. The first-order valence-electron chi connectivity index (χ1n) is 16.9. The predicted molar refractivity (Wildman–Crippen MR) is 185 cm³/mol. The Kier molecular flexibility index (Phi) is 7.90. The van der Waals surface area contributed by atoms with E-state index in [0.717, 1.165) is 61.5 Å². The molecule has 246 valence electrons. The van der Waals surface area contributed by atoms with Gasteiger partial charge in [0.1, 0.15) is 11.5 Å². The van der Waals surface area contributed by atoms with Crippen LogP contribution in [0.25, 0.3) is 0 Å². The number of carbonyl (C=O) groups excluding carboxylic acids is 2. The second-order valence-electron chi connectivity index (χ2n) is 13.3. The maximum absolute atomic E-state index is 12.8. The van der Waals surface area contributed by atoms with E-state index in [1.54, 1.807) is 36.4 Å². The number of nitrogens with one attached hydrogen (secondary N) is 6. The van der Waals surface area contributed by atoms with Gasteiger partial charge in [-0.2, -0.15) is 0 Å². The molecular formula is C38H40N6O4. The number of amides is 2. The van der Waals surface area contributed by atoms with Crippen molar-refractivity contribution in [1.29, 1.82) is 0 Å². The molecule has 0 aliphatic carbocycles. The van der Waals surface area contributed by atoms with Crippen molar-refractivity contribution >= 4 is 23.2 Å². The zero-order chi connectivity index (χ0) is 32.8.